The van der Waals surface area contributed by atoms with Crippen molar-refractivity contribution in [2.24, 2.45) is 0 Å². The molecule has 0 saturated carbocycles. The fourth-order valence-electron chi connectivity index (χ4n) is 4.13. The fraction of sp³-hybridized carbons (Fsp3) is 0.292. The number of hydrogen-bond donors (Lipinski definition) is 2. The zero-order valence-corrected chi connectivity index (χ0v) is 16.9. The second kappa shape index (κ2) is 7.88. The van der Waals surface area contributed by atoms with Gasteiger partial charge in [0.2, 0.25) is 0 Å². The van der Waals surface area contributed by atoms with Gasteiger partial charge in [-0.05, 0) is 43.7 Å². The van der Waals surface area contributed by atoms with Gasteiger partial charge in [-0.15, -0.1) is 0 Å². The molecule has 0 aromatic heterocycles. The number of ether oxygens (including phenoxy) is 3. The molecule has 2 atom stereocenters. The summed E-state index contributed by atoms with van der Waals surface area (Å²) >= 11 is 0. The zero-order chi connectivity index (χ0) is 21.3. The Morgan fingerprint density at radius 3 is 2.67 bits per heavy atom. The van der Waals surface area contributed by atoms with Gasteiger partial charge < -0.3 is 24.4 Å². The third kappa shape index (κ3) is 3.13. The first-order valence-corrected chi connectivity index (χ1v) is 10.0. The van der Waals surface area contributed by atoms with Gasteiger partial charge in [0, 0.05) is 24.2 Å². The Hall–Kier alpha value is -3.25. The van der Waals surface area contributed by atoms with E-state index in [9.17, 15) is 15.0 Å². The first-order valence-electron chi connectivity index (χ1n) is 10.0. The number of carbonyl (C=O) groups is 1. The highest BCUT2D eigenvalue weighted by Crippen LogP contribution is 2.50. The van der Waals surface area contributed by atoms with Gasteiger partial charge >= 0.3 is 5.97 Å². The summed E-state index contributed by atoms with van der Waals surface area (Å²) in [5.41, 5.74) is 1.40. The summed E-state index contributed by atoms with van der Waals surface area (Å²) in [6.45, 7) is 4.51. The standard InChI is InChI=1S/C24H24O6/c1-3-28-21-13-15(9-11-19(21)25)24(16-10-12-20(26)22(14-16)29-4-2)18-8-6-5-7-17(18)23(27)30-24/h5-13,22,25-26H,3-4,14H2,1-2H3. The van der Waals surface area contributed by atoms with Gasteiger partial charge in [0.25, 0.3) is 0 Å². The molecule has 0 amide bonds. The topological polar surface area (TPSA) is 85.2 Å². The van der Waals surface area contributed by atoms with Crippen molar-refractivity contribution in [2.75, 3.05) is 13.2 Å². The molecule has 4 rings (SSSR count). The van der Waals surface area contributed by atoms with Crippen LogP contribution in [-0.2, 0) is 15.1 Å². The predicted octanol–water partition coefficient (Wildman–Crippen LogP) is 4.38. The Bertz CT molecular complexity index is 1040. The van der Waals surface area contributed by atoms with Gasteiger partial charge in [-0.3, -0.25) is 0 Å². The van der Waals surface area contributed by atoms with E-state index in [1.165, 1.54) is 6.07 Å². The number of aliphatic hydroxyl groups excluding tert-OH is 1. The Kier molecular flexibility index (Phi) is 5.26. The molecule has 1 aliphatic carbocycles. The summed E-state index contributed by atoms with van der Waals surface area (Å²) < 4.78 is 17.3. The number of allylic oxidation sites excluding steroid dienone is 2. The highest BCUT2D eigenvalue weighted by molar-refractivity contribution is 5.96. The number of rotatable bonds is 6. The van der Waals surface area contributed by atoms with Crippen LogP contribution in [0.3, 0.4) is 0 Å². The molecule has 2 aliphatic rings. The van der Waals surface area contributed by atoms with Crippen molar-refractivity contribution in [2.45, 2.75) is 32.0 Å². The number of fused-ring (bicyclic) bond motifs is 1. The number of hydrogen-bond acceptors (Lipinski definition) is 6. The highest BCUT2D eigenvalue weighted by Gasteiger charge is 2.50. The average molecular weight is 408 g/mol. The molecule has 2 aromatic rings. The van der Waals surface area contributed by atoms with Crippen molar-refractivity contribution in [3.63, 3.8) is 0 Å². The van der Waals surface area contributed by atoms with Crippen molar-refractivity contribution in [3.8, 4) is 11.5 Å². The molecule has 0 saturated heterocycles. The van der Waals surface area contributed by atoms with E-state index in [4.69, 9.17) is 14.2 Å². The van der Waals surface area contributed by atoms with E-state index >= 15 is 0 Å². The molecule has 2 unspecified atom stereocenters. The van der Waals surface area contributed by atoms with Gasteiger partial charge in [-0.1, -0.05) is 30.3 Å². The van der Waals surface area contributed by atoms with Gasteiger partial charge in [0.05, 0.1) is 12.2 Å². The largest absolute Gasteiger partial charge is 0.510 e. The molecule has 0 spiro atoms. The summed E-state index contributed by atoms with van der Waals surface area (Å²) in [5.74, 6) is 0.0278. The van der Waals surface area contributed by atoms with Crippen LogP contribution in [0.25, 0.3) is 0 Å². The van der Waals surface area contributed by atoms with E-state index in [1.54, 1.807) is 36.4 Å². The lowest BCUT2D eigenvalue weighted by molar-refractivity contribution is 0.0145. The van der Waals surface area contributed by atoms with Crippen molar-refractivity contribution >= 4 is 5.97 Å². The molecular formula is C24H24O6. The Morgan fingerprint density at radius 1 is 1.10 bits per heavy atom. The van der Waals surface area contributed by atoms with Gasteiger partial charge in [0.1, 0.15) is 11.9 Å². The monoisotopic (exact) mass is 408 g/mol. The molecule has 30 heavy (non-hydrogen) atoms. The summed E-state index contributed by atoms with van der Waals surface area (Å²) in [4.78, 5) is 12.8. The fourth-order valence-corrected chi connectivity index (χ4v) is 4.13. The number of cyclic esters (lactones) is 1. The van der Waals surface area contributed by atoms with Crippen LogP contribution in [0.1, 0.15) is 41.8 Å². The van der Waals surface area contributed by atoms with Crippen LogP contribution in [-0.4, -0.2) is 35.5 Å². The van der Waals surface area contributed by atoms with Gasteiger partial charge in [-0.2, -0.15) is 0 Å². The summed E-state index contributed by atoms with van der Waals surface area (Å²) in [6.07, 6.45) is 3.18. The molecule has 6 heteroatoms. The number of carbonyl (C=O) groups excluding carboxylic acids is 1. The minimum atomic E-state index is -1.21. The number of phenols is 1. The molecule has 2 N–H and O–H groups in total. The molecule has 1 heterocycles. The average Bonchev–Trinajstić information content (AvgIpc) is 3.05. The minimum absolute atomic E-state index is 0.00992. The van der Waals surface area contributed by atoms with Gasteiger partial charge in [-0.25, -0.2) is 4.79 Å². The smallest absolute Gasteiger partial charge is 0.340 e. The second-order valence-electron chi connectivity index (χ2n) is 7.16. The third-order valence-electron chi connectivity index (χ3n) is 5.45. The van der Waals surface area contributed by atoms with E-state index in [2.05, 4.69) is 0 Å². The number of aliphatic hydroxyl groups is 1. The van der Waals surface area contributed by atoms with Crippen molar-refractivity contribution in [3.05, 3.63) is 82.6 Å². The maximum Gasteiger partial charge on any atom is 0.340 e. The van der Waals surface area contributed by atoms with Crippen molar-refractivity contribution < 1.29 is 29.2 Å². The predicted molar refractivity (Wildman–Crippen MR) is 111 cm³/mol. The van der Waals surface area contributed by atoms with Crippen LogP contribution in [0, 0.1) is 0 Å². The van der Waals surface area contributed by atoms with E-state index in [1.807, 2.05) is 26.0 Å². The third-order valence-corrected chi connectivity index (χ3v) is 5.45. The second-order valence-corrected chi connectivity index (χ2v) is 7.16. The first-order chi connectivity index (χ1) is 14.5. The number of aromatic hydroxyl groups is 1. The lowest BCUT2D eigenvalue weighted by Crippen LogP contribution is -2.34. The maximum atomic E-state index is 12.8. The molecule has 2 aromatic carbocycles. The SMILES string of the molecule is CCOc1cc(C2(C3=CC=C(O)C(OCC)C3)OC(=O)c3ccccc32)ccc1O. The van der Waals surface area contributed by atoms with Crippen molar-refractivity contribution in [1.82, 2.24) is 0 Å². The molecule has 0 radical (unpaired) electrons. The first kappa shape index (κ1) is 20.0. The minimum Gasteiger partial charge on any atom is -0.510 e. The summed E-state index contributed by atoms with van der Waals surface area (Å²) in [7, 11) is 0. The maximum absolute atomic E-state index is 12.8. The van der Waals surface area contributed by atoms with Crippen LogP contribution in [0.5, 0.6) is 11.5 Å². The zero-order valence-electron chi connectivity index (χ0n) is 16.9. The Morgan fingerprint density at radius 2 is 1.90 bits per heavy atom. The Labute approximate surface area is 175 Å². The highest BCUT2D eigenvalue weighted by atomic mass is 16.6. The molecule has 0 fully saturated rings. The lowest BCUT2D eigenvalue weighted by atomic mass is 9.76. The van der Waals surface area contributed by atoms with Crippen molar-refractivity contribution in [1.29, 1.82) is 0 Å². The van der Waals surface area contributed by atoms with Crippen LogP contribution in [0.4, 0.5) is 0 Å². The van der Waals surface area contributed by atoms with Crippen LogP contribution in [0.15, 0.2) is 65.9 Å². The van der Waals surface area contributed by atoms with E-state index in [0.717, 1.165) is 5.57 Å². The quantitative estimate of drug-likeness (QED) is 0.690. The van der Waals surface area contributed by atoms with Crippen LogP contribution >= 0.6 is 0 Å². The van der Waals surface area contributed by atoms with Gasteiger partial charge in [0.15, 0.2) is 17.1 Å². The lowest BCUT2D eigenvalue weighted by Gasteiger charge is -2.35. The van der Waals surface area contributed by atoms with Crippen LogP contribution in [0.2, 0.25) is 0 Å². The van der Waals surface area contributed by atoms with E-state index < -0.39 is 17.7 Å². The van der Waals surface area contributed by atoms with E-state index in [-0.39, 0.29) is 11.5 Å². The van der Waals surface area contributed by atoms with Crippen LogP contribution < -0.4 is 4.74 Å². The molecule has 0 bridgehead atoms. The molecule has 156 valence electrons. The molecular weight excluding hydrogens is 384 g/mol. The molecule has 1 aliphatic heterocycles. The number of phenolic OH excluding ortho intramolecular Hbond substituents is 1. The van der Waals surface area contributed by atoms with E-state index in [0.29, 0.717) is 42.1 Å². The normalized spacial score (nSPS) is 22.7. The summed E-state index contributed by atoms with van der Waals surface area (Å²) in [6, 6.07) is 12.2. The molecule has 6 nitrogen and oxygen atoms in total. The number of esters is 1. The Balaban J connectivity index is 1.93. The number of benzene rings is 2. The summed E-state index contributed by atoms with van der Waals surface area (Å²) in [5, 5.41) is 20.4.